The first kappa shape index (κ1) is 17.9. The molecule has 0 aliphatic carbocycles. The van der Waals surface area contributed by atoms with Crippen molar-refractivity contribution in [1.82, 2.24) is 24.7 Å². The van der Waals surface area contributed by atoms with E-state index in [2.05, 4.69) is 15.2 Å². The summed E-state index contributed by atoms with van der Waals surface area (Å²) in [5.74, 6) is 0.589. The van der Waals surface area contributed by atoms with E-state index in [1.807, 2.05) is 24.1 Å². The van der Waals surface area contributed by atoms with Gasteiger partial charge >= 0.3 is 0 Å². The maximum absolute atomic E-state index is 13.0. The van der Waals surface area contributed by atoms with Crippen LogP contribution in [0.5, 0.6) is 0 Å². The van der Waals surface area contributed by atoms with Gasteiger partial charge < -0.3 is 14.2 Å². The number of carbonyl (C=O) groups is 1. The Bertz CT molecular complexity index is 834. The summed E-state index contributed by atoms with van der Waals surface area (Å²) in [5.41, 5.74) is 1.03. The van der Waals surface area contributed by atoms with Crippen molar-refractivity contribution < 1.29 is 14.1 Å². The van der Waals surface area contributed by atoms with Crippen molar-refractivity contribution >= 4 is 5.91 Å². The number of carbonyl (C=O) groups excluding carboxylic acids is 1. The van der Waals surface area contributed by atoms with Gasteiger partial charge in [-0.25, -0.2) is 0 Å². The highest BCUT2D eigenvalue weighted by atomic mass is 16.5. The predicted molar refractivity (Wildman–Crippen MR) is 101 cm³/mol. The molecule has 1 atom stereocenters. The number of ether oxygens (including phenoxy) is 1. The van der Waals surface area contributed by atoms with Crippen LogP contribution in [0.1, 0.15) is 47.5 Å². The summed E-state index contributed by atoms with van der Waals surface area (Å²) in [7, 11) is 0. The zero-order valence-electron chi connectivity index (χ0n) is 16.3. The molecule has 0 saturated carbocycles. The Labute approximate surface area is 164 Å². The van der Waals surface area contributed by atoms with Gasteiger partial charge in [-0.05, 0) is 45.3 Å². The van der Waals surface area contributed by atoms with E-state index in [4.69, 9.17) is 9.26 Å². The molecule has 0 bridgehead atoms. The molecule has 5 rings (SSSR count). The first-order valence-electron chi connectivity index (χ1n) is 10.2. The van der Waals surface area contributed by atoms with Crippen molar-refractivity contribution in [3.05, 3.63) is 35.5 Å². The minimum absolute atomic E-state index is 0.0744. The Balaban J connectivity index is 1.23. The molecule has 3 fully saturated rings. The first-order valence-corrected chi connectivity index (χ1v) is 10.2. The molecule has 0 N–H and O–H groups in total. The maximum atomic E-state index is 13.0. The summed E-state index contributed by atoms with van der Waals surface area (Å²) in [6, 6.07) is 2.36. The van der Waals surface area contributed by atoms with E-state index in [9.17, 15) is 4.79 Å². The van der Waals surface area contributed by atoms with Gasteiger partial charge in [0, 0.05) is 24.0 Å². The van der Waals surface area contributed by atoms with Gasteiger partial charge in [0.25, 0.3) is 5.91 Å². The number of nitrogens with zero attached hydrogens (tertiary/aromatic N) is 5. The minimum atomic E-state index is -0.168. The average molecular weight is 385 g/mol. The highest BCUT2D eigenvalue weighted by molar-refractivity contribution is 5.94. The molecule has 3 aliphatic rings. The Morgan fingerprint density at radius 2 is 2.11 bits per heavy atom. The molecule has 3 saturated heterocycles. The molecule has 1 unspecified atom stereocenters. The molecule has 28 heavy (non-hydrogen) atoms. The molecule has 0 radical (unpaired) electrons. The predicted octanol–water partition coefficient (Wildman–Crippen LogP) is 1.70. The summed E-state index contributed by atoms with van der Waals surface area (Å²) in [6.45, 7) is 6.76. The lowest BCUT2D eigenvalue weighted by Crippen LogP contribution is -2.63. The number of hydrogen-bond donors (Lipinski definition) is 0. The summed E-state index contributed by atoms with van der Waals surface area (Å²) in [5, 5.41) is 8.27. The third kappa shape index (κ3) is 3.14. The van der Waals surface area contributed by atoms with Crippen LogP contribution in [-0.2, 0) is 11.3 Å². The monoisotopic (exact) mass is 385 g/mol. The second kappa shape index (κ2) is 7.00. The molecule has 5 heterocycles. The van der Waals surface area contributed by atoms with E-state index in [0.29, 0.717) is 37.1 Å². The summed E-state index contributed by atoms with van der Waals surface area (Å²) in [4.78, 5) is 17.4. The number of aromatic nitrogens is 3. The van der Waals surface area contributed by atoms with Gasteiger partial charge in [0.2, 0.25) is 0 Å². The molecule has 3 aliphatic heterocycles. The second-order valence-electron chi connectivity index (χ2n) is 8.38. The van der Waals surface area contributed by atoms with Crippen molar-refractivity contribution in [2.75, 3.05) is 32.8 Å². The zero-order chi connectivity index (χ0) is 19.1. The van der Waals surface area contributed by atoms with Gasteiger partial charge in [-0.15, -0.1) is 0 Å². The van der Waals surface area contributed by atoms with Crippen LogP contribution in [-0.4, -0.2) is 75.1 Å². The average Bonchev–Trinajstić information content (AvgIpc) is 3.42. The van der Waals surface area contributed by atoms with Crippen molar-refractivity contribution in [3.63, 3.8) is 0 Å². The van der Waals surface area contributed by atoms with E-state index in [1.165, 1.54) is 32.4 Å². The van der Waals surface area contributed by atoms with Crippen molar-refractivity contribution in [1.29, 1.82) is 0 Å². The van der Waals surface area contributed by atoms with Gasteiger partial charge in [-0.2, -0.15) is 5.10 Å². The molecule has 150 valence electrons. The highest BCUT2D eigenvalue weighted by Gasteiger charge is 2.52. The van der Waals surface area contributed by atoms with Gasteiger partial charge in [0.1, 0.15) is 11.4 Å². The van der Waals surface area contributed by atoms with E-state index < -0.39 is 0 Å². The minimum Gasteiger partial charge on any atom is -0.370 e. The third-order valence-electron chi connectivity index (χ3n) is 6.41. The standard InChI is InChI=1S/C20H27N5O3/c1-15-17(11-25-9-5-6-21-25)18(22-28-15)19(26)24-13-20(14-24)10-16(12-27-20)23-7-3-2-4-8-23/h5-6,9,16H,2-4,7-8,10-14H2,1H3. The van der Waals surface area contributed by atoms with E-state index in [-0.39, 0.29) is 11.5 Å². The second-order valence-corrected chi connectivity index (χ2v) is 8.38. The summed E-state index contributed by atoms with van der Waals surface area (Å²) < 4.78 is 13.3. The normalized spacial score (nSPS) is 24.6. The quantitative estimate of drug-likeness (QED) is 0.797. The van der Waals surface area contributed by atoms with Crippen LogP contribution in [0, 0.1) is 6.92 Å². The molecule has 1 spiro atoms. The van der Waals surface area contributed by atoms with Crippen LogP contribution in [0.2, 0.25) is 0 Å². The fraction of sp³-hybridized carbons (Fsp3) is 0.650. The Morgan fingerprint density at radius 1 is 1.29 bits per heavy atom. The third-order valence-corrected chi connectivity index (χ3v) is 6.41. The zero-order valence-corrected chi connectivity index (χ0v) is 16.3. The molecule has 1 amide bonds. The fourth-order valence-corrected chi connectivity index (χ4v) is 4.80. The van der Waals surface area contributed by atoms with E-state index in [1.54, 1.807) is 10.9 Å². The van der Waals surface area contributed by atoms with Crippen molar-refractivity contribution in [3.8, 4) is 0 Å². The molecule has 8 heteroatoms. The largest absolute Gasteiger partial charge is 0.370 e. The van der Waals surface area contributed by atoms with Crippen molar-refractivity contribution in [2.24, 2.45) is 0 Å². The topological polar surface area (TPSA) is 76.6 Å². The van der Waals surface area contributed by atoms with Gasteiger partial charge in [0.15, 0.2) is 5.69 Å². The van der Waals surface area contributed by atoms with Crippen LogP contribution in [0.25, 0.3) is 0 Å². The van der Waals surface area contributed by atoms with Gasteiger partial charge in [-0.3, -0.25) is 14.4 Å². The smallest absolute Gasteiger partial charge is 0.276 e. The van der Waals surface area contributed by atoms with Crippen LogP contribution in [0.15, 0.2) is 23.0 Å². The molecule has 8 nitrogen and oxygen atoms in total. The number of piperidine rings is 1. The molecule has 0 aromatic carbocycles. The van der Waals surface area contributed by atoms with E-state index >= 15 is 0 Å². The molecular weight excluding hydrogens is 358 g/mol. The summed E-state index contributed by atoms with van der Waals surface area (Å²) in [6.07, 6.45) is 8.54. The molecule has 2 aromatic heterocycles. The number of hydrogen-bond acceptors (Lipinski definition) is 6. The van der Waals surface area contributed by atoms with Gasteiger partial charge in [0.05, 0.1) is 26.2 Å². The Hall–Kier alpha value is -2.19. The highest BCUT2D eigenvalue weighted by Crippen LogP contribution is 2.38. The Kier molecular flexibility index (Phi) is 4.47. The van der Waals surface area contributed by atoms with Crippen LogP contribution in [0.4, 0.5) is 0 Å². The summed E-state index contributed by atoms with van der Waals surface area (Å²) >= 11 is 0. The van der Waals surface area contributed by atoms with Gasteiger partial charge in [-0.1, -0.05) is 11.6 Å². The lowest BCUT2D eigenvalue weighted by Gasteiger charge is -2.47. The van der Waals surface area contributed by atoms with Crippen LogP contribution >= 0.6 is 0 Å². The lowest BCUT2D eigenvalue weighted by atomic mass is 9.88. The maximum Gasteiger partial charge on any atom is 0.276 e. The van der Waals surface area contributed by atoms with E-state index in [0.717, 1.165) is 18.6 Å². The molecule has 2 aromatic rings. The van der Waals surface area contributed by atoms with Crippen LogP contribution in [0.3, 0.4) is 0 Å². The lowest BCUT2D eigenvalue weighted by molar-refractivity contribution is -0.0953. The van der Waals surface area contributed by atoms with Crippen molar-refractivity contribution in [2.45, 2.75) is 50.8 Å². The van der Waals surface area contributed by atoms with Crippen LogP contribution < -0.4 is 0 Å². The number of aryl methyl sites for hydroxylation is 1. The number of amides is 1. The number of rotatable bonds is 4. The Morgan fingerprint density at radius 3 is 2.86 bits per heavy atom. The molecular formula is C20H27N5O3. The fourth-order valence-electron chi connectivity index (χ4n) is 4.80. The first-order chi connectivity index (χ1) is 13.6. The SMILES string of the molecule is Cc1onc(C(=O)N2CC3(CC(N4CCCCC4)CO3)C2)c1Cn1cccn1. The number of likely N-dealkylation sites (tertiary alicyclic amines) is 2.